The maximum atomic E-state index is 12.4. The zero-order valence-corrected chi connectivity index (χ0v) is 13.5. The third-order valence-electron chi connectivity index (χ3n) is 3.11. The number of carbonyl (C=O) groups is 1. The van der Waals surface area contributed by atoms with Gasteiger partial charge in [0.2, 0.25) is 0 Å². The summed E-state index contributed by atoms with van der Waals surface area (Å²) in [5, 5.41) is 2.61. The molecule has 1 atom stereocenters. The minimum Gasteiger partial charge on any atom is -0.339 e. The van der Waals surface area contributed by atoms with Gasteiger partial charge in [0.05, 0.1) is 10.6 Å². The number of nitrogens with zero attached hydrogens (tertiary/aromatic N) is 2. The molecule has 0 N–H and O–H groups in total. The van der Waals surface area contributed by atoms with E-state index in [0.717, 1.165) is 6.42 Å². The molecule has 0 aliphatic rings. The number of halogens is 2. The van der Waals surface area contributed by atoms with Crippen molar-refractivity contribution in [3.63, 3.8) is 0 Å². The van der Waals surface area contributed by atoms with Crippen molar-refractivity contribution in [1.29, 1.82) is 0 Å². The van der Waals surface area contributed by atoms with Gasteiger partial charge in [-0.15, -0.1) is 11.3 Å². The molecule has 3 nitrogen and oxygen atoms in total. The fourth-order valence-corrected chi connectivity index (χ4v) is 2.99. The van der Waals surface area contributed by atoms with Gasteiger partial charge in [-0.25, -0.2) is 4.98 Å². The predicted octanol–water partition coefficient (Wildman–Crippen LogP) is 4.15. The zero-order chi connectivity index (χ0) is 14.7. The Labute approximate surface area is 132 Å². The zero-order valence-electron chi connectivity index (χ0n) is 11.1. The number of pyridine rings is 1. The summed E-state index contributed by atoms with van der Waals surface area (Å²) in [5.41, 5.74) is 0.382. The van der Waals surface area contributed by atoms with Crippen LogP contribution >= 0.6 is 34.5 Å². The average Bonchev–Trinajstić information content (AvgIpc) is 2.92. The summed E-state index contributed by atoms with van der Waals surface area (Å²) in [4.78, 5) is 19.2. The number of carbonyl (C=O) groups excluding carboxylic acids is 1. The summed E-state index contributed by atoms with van der Waals surface area (Å²) < 4.78 is 0. The lowest BCUT2D eigenvalue weighted by Crippen LogP contribution is -2.36. The predicted molar refractivity (Wildman–Crippen MR) is 83.8 cm³/mol. The van der Waals surface area contributed by atoms with Crippen molar-refractivity contribution in [1.82, 2.24) is 9.88 Å². The fourth-order valence-electron chi connectivity index (χ4n) is 1.82. The molecule has 1 unspecified atom stereocenters. The van der Waals surface area contributed by atoms with E-state index in [9.17, 15) is 4.79 Å². The molecule has 0 aromatic carbocycles. The van der Waals surface area contributed by atoms with E-state index in [1.54, 1.807) is 23.3 Å². The lowest BCUT2D eigenvalue weighted by Gasteiger charge is -2.25. The van der Waals surface area contributed by atoms with Gasteiger partial charge in [0.15, 0.2) is 0 Å². The number of likely N-dealkylation sites (N-methyl/N-ethyl adjacent to an activating group) is 1. The molecule has 0 radical (unpaired) electrons. The standard InChI is InChI=1S/C14H14Cl2N2OS/c1-9(6-10-4-3-5-20-10)18(2)14(19)11-7-13(16)17-8-12(11)15/h3-5,7-9H,6H2,1-2H3. The van der Waals surface area contributed by atoms with E-state index in [4.69, 9.17) is 23.2 Å². The second kappa shape index (κ2) is 6.57. The van der Waals surface area contributed by atoms with Crippen LogP contribution < -0.4 is 0 Å². The third-order valence-corrected chi connectivity index (χ3v) is 4.52. The van der Waals surface area contributed by atoms with Gasteiger partial charge in [-0.05, 0) is 24.4 Å². The number of amides is 1. The number of thiophene rings is 1. The van der Waals surface area contributed by atoms with Crippen LogP contribution in [-0.4, -0.2) is 28.9 Å². The van der Waals surface area contributed by atoms with Gasteiger partial charge >= 0.3 is 0 Å². The van der Waals surface area contributed by atoms with Crippen LogP contribution in [0.4, 0.5) is 0 Å². The van der Waals surface area contributed by atoms with E-state index in [2.05, 4.69) is 11.1 Å². The van der Waals surface area contributed by atoms with Crippen molar-refractivity contribution < 1.29 is 4.79 Å². The van der Waals surface area contributed by atoms with Crippen LogP contribution in [0.2, 0.25) is 10.2 Å². The van der Waals surface area contributed by atoms with E-state index in [-0.39, 0.29) is 17.1 Å². The highest BCUT2D eigenvalue weighted by Crippen LogP contribution is 2.21. The molecule has 2 aromatic rings. The summed E-state index contributed by atoms with van der Waals surface area (Å²) in [6, 6.07) is 5.65. The Morgan fingerprint density at radius 3 is 2.90 bits per heavy atom. The Hall–Kier alpha value is -1.10. The molecule has 2 rings (SSSR count). The van der Waals surface area contributed by atoms with Gasteiger partial charge in [-0.3, -0.25) is 4.79 Å². The summed E-state index contributed by atoms with van der Waals surface area (Å²) in [6.45, 7) is 2.01. The van der Waals surface area contributed by atoms with Crippen LogP contribution in [0.1, 0.15) is 22.2 Å². The van der Waals surface area contributed by atoms with E-state index in [1.807, 2.05) is 18.4 Å². The van der Waals surface area contributed by atoms with Crippen molar-refractivity contribution in [2.24, 2.45) is 0 Å². The van der Waals surface area contributed by atoms with Crippen molar-refractivity contribution in [2.45, 2.75) is 19.4 Å². The molecule has 0 fully saturated rings. The third kappa shape index (κ3) is 3.51. The average molecular weight is 329 g/mol. The maximum absolute atomic E-state index is 12.4. The summed E-state index contributed by atoms with van der Waals surface area (Å²) in [7, 11) is 1.77. The molecule has 20 heavy (non-hydrogen) atoms. The highest BCUT2D eigenvalue weighted by Gasteiger charge is 2.20. The normalized spacial score (nSPS) is 12.2. The Morgan fingerprint density at radius 2 is 2.25 bits per heavy atom. The molecule has 0 saturated heterocycles. The van der Waals surface area contributed by atoms with Gasteiger partial charge in [-0.2, -0.15) is 0 Å². The number of aromatic nitrogens is 1. The van der Waals surface area contributed by atoms with Gasteiger partial charge < -0.3 is 4.90 Å². The van der Waals surface area contributed by atoms with Gasteiger partial charge in [-0.1, -0.05) is 29.3 Å². The Morgan fingerprint density at radius 1 is 1.50 bits per heavy atom. The Kier molecular flexibility index (Phi) is 5.02. The minimum atomic E-state index is -0.150. The number of hydrogen-bond acceptors (Lipinski definition) is 3. The molecular weight excluding hydrogens is 315 g/mol. The maximum Gasteiger partial charge on any atom is 0.255 e. The molecule has 1 amide bonds. The van der Waals surface area contributed by atoms with Crippen molar-refractivity contribution >= 4 is 40.4 Å². The van der Waals surface area contributed by atoms with Crippen LogP contribution in [0.5, 0.6) is 0 Å². The Balaban J connectivity index is 2.13. The van der Waals surface area contributed by atoms with Crippen molar-refractivity contribution in [2.75, 3.05) is 7.05 Å². The molecule has 2 heterocycles. The van der Waals surface area contributed by atoms with E-state index < -0.39 is 0 Å². The summed E-state index contributed by atoms with van der Waals surface area (Å²) >= 11 is 13.5. The van der Waals surface area contributed by atoms with E-state index >= 15 is 0 Å². The molecule has 0 aliphatic heterocycles. The first-order chi connectivity index (χ1) is 9.49. The molecule has 0 bridgehead atoms. The molecule has 2 aromatic heterocycles. The highest BCUT2D eigenvalue weighted by molar-refractivity contribution is 7.09. The first-order valence-corrected chi connectivity index (χ1v) is 7.73. The van der Waals surface area contributed by atoms with Crippen LogP contribution in [0.25, 0.3) is 0 Å². The highest BCUT2D eigenvalue weighted by atomic mass is 35.5. The van der Waals surface area contributed by atoms with E-state index in [0.29, 0.717) is 10.6 Å². The molecular formula is C14H14Cl2N2OS. The van der Waals surface area contributed by atoms with Gasteiger partial charge in [0, 0.05) is 30.6 Å². The number of hydrogen-bond donors (Lipinski definition) is 0. The second-order valence-electron chi connectivity index (χ2n) is 4.54. The summed E-state index contributed by atoms with van der Waals surface area (Å²) in [6.07, 6.45) is 2.21. The van der Waals surface area contributed by atoms with Crippen molar-refractivity contribution in [3.05, 3.63) is 50.4 Å². The largest absolute Gasteiger partial charge is 0.339 e. The minimum absolute atomic E-state index is 0.0733. The number of rotatable bonds is 4. The second-order valence-corrected chi connectivity index (χ2v) is 6.36. The van der Waals surface area contributed by atoms with Crippen LogP contribution in [0.15, 0.2) is 29.8 Å². The van der Waals surface area contributed by atoms with Crippen LogP contribution in [0, 0.1) is 0 Å². The lowest BCUT2D eigenvalue weighted by atomic mass is 10.1. The summed E-state index contributed by atoms with van der Waals surface area (Å²) in [5.74, 6) is -0.150. The molecule has 6 heteroatoms. The fraction of sp³-hybridized carbons (Fsp3) is 0.286. The lowest BCUT2D eigenvalue weighted by molar-refractivity contribution is 0.0744. The first kappa shape index (κ1) is 15.3. The SMILES string of the molecule is CC(Cc1cccs1)N(C)C(=O)c1cc(Cl)ncc1Cl. The molecule has 0 saturated carbocycles. The van der Waals surface area contributed by atoms with Crippen LogP contribution in [0.3, 0.4) is 0 Å². The monoisotopic (exact) mass is 328 g/mol. The Bertz CT molecular complexity index is 601. The van der Waals surface area contributed by atoms with E-state index in [1.165, 1.54) is 17.1 Å². The first-order valence-electron chi connectivity index (χ1n) is 6.09. The molecule has 0 spiro atoms. The molecule has 106 valence electrons. The van der Waals surface area contributed by atoms with Crippen molar-refractivity contribution in [3.8, 4) is 0 Å². The smallest absolute Gasteiger partial charge is 0.255 e. The van der Waals surface area contributed by atoms with Crippen LogP contribution in [-0.2, 0) is 6.42 Å². The molecule has 0 aliphatic carbocycles. The van der Waals surface area contributed by atoms with Gasteiger partial charge in [0.1, 0.15) is 5.15 Å². The topological polar surface area (TPSA) is 33.2 Å². The van der Waals surface area contributed by atoms with Gasteiger partial charge in [0.25, 0.3) is 5.91 Å². The quantitative estimate of drug-likeness (QED) is 0.790.